The Hall–Kier alpha value is -0.860. The van der Waals surface area contributed by atoms with Crippen molar-refractivity contribution in [2.24, 2.45) is 5.92 Å². The molecule has 0 spiro atoms. The lowest BCUT2D eigenvalue weighted by molar-refractivity contribution is 0.0369. The van der Waals surface area contributed by atoms with Gasteiger partial charge >= 0.3 is 0 Å². The van der Waals surface area contributed by atoms with E-state index < -0.39 is 0 Å². The number of hydrogen-bond acceptors (Lipinski definition) is 2. The minimum Gasteiger partial charge on any atom is -0.372 e. The zero-order valence-corrected chi connectivity index (χ0v) is 12.6. The van der Waals surface area contributed by atoms with Gasteiger partial charge in [-0.05, 0) is 30.7 Å². The molecule has 3 rings (SSSR count). The summed E-state index contributed by atoms with van der Waals surface area (Å²) in [5.74, 6) is 0.872. The second-order valence-corrected chi connectivity index (χ2v) is 6.53. The summed E-state index contributed by atoms with van der Waals surface area (Å²) < 4.78 is 6.10. The Kier molecular flexibility index (Phi) is 4.74. The fraction of sp³-hybridized carbons (Fsp3) is 0.667. The Morgan fingerprint density at radius 2 is 1.90 bits per heavy atom. The molecule has 0 radical (unpaired) electrons. The third-order valence-corrected chi connectivity index (χ3v) is 5.04. The third kappa shape index (κ3) is 3.42. The topological polar surface area (TPSA) is 12.5 Å². The highest BCUT2D eigenvalue weighted by Crippen LogP contribution is 2.30. The average Bonchev–Trinajstić information content (AvgIpc) is 2.95. The first kappa shape index (κ1) is 14.1. The first-order chi connectivity index (χ1) is 9.83. The summed E-state index contributed by atoms with van der Waals surface area (Å²) in [5.41, 5.74) is 1.29. The van der Waals surface area contributed by atoms with Crippen LogP contribution in [0.25, 0.3) is 0 Å². The molecular formula is C18H27NO. The molecule has 1 aliphatic carbocycles. The number of hydrogen-bond donors (Lipinski definition) is 0. The van der Waals surface area contributed by atoms with E-state index in [1.165, 1.54) is 44.2 Å². The van der Waals surface area contributed by atoms with Gasteiger partial charge in [-0.25, -0.2) is 0 Å². The van der Waals surface area contributed by atoms with Crippen LogP contribution in [0.1, 0.15) is 44.6 Å². The SMILES string of the molecule is CC1CCCCC1N1CCC(OCc2ccccc2)C1. The van der Waals surface area contributed by atoms with Crippen molar-refractivity contribution >= 4 is 0 Å². The molecule has 1 aromatic carbocycles. The molecule has 20 heavy (non-hydrogen) atoms. The van der Waals surface area contributed by atoms with Crippen LogP contribution in [0.2, 0.25) is 0 Å². The molecule has 2 heteroatoms. The summed E-state index contributed by atoms with van der Waals surface area (Å²) >= 11 is 0. The Balaban J connectivity index is 1.47. The molecule has 1 saturated carbocycles. The van der Waals surface area contributed by atoms with Crippen molar-refractivity contribution in [3.05, 3.63) is 35.9 Å². The van der Waals surface area contributed by atoms with Gasteiger partial charge in [-0.15, -0.1) is 0 Å². The Morgan fingerprint density at radius 3 is 2.70 bits per heavy atom. The van der Waals surface area contributed by atoms with Gasteiger partial charge in [0.15, 0.2) is 0 Å². The molecule has 0 N–H and O–H groups in total. The maximum Gasteiger partial charge on any atom is 0.0721 e. The van der Waals surface area contributed by atoms with Crippen molar-refractivity contribution in [3.63, 3.8) is 0 Å². The van der Waals surface area contributed by atoms with Crippen molar-refractivity contribution in [2.75, 3.05) is 13.1 Å². The summed E-state index contributed by atoms with van der Waals surface area (Å²) in [6, 6.07) is 11.3. The van der Waals surface area contributed by atoms with Crippen molar-refractivity contribution in [1.29, 1.82) is 0 Å². The lowest BCUT2D eigenvalue weighted by atomic mass is 9.85. The minimum atomic E-state index is 0.435. The maximum absolute atomic E-state index is 6.10. The van der Waals surface area contributed by atoms with E-state index in [-0.39, 0.29) is 0 Å². The predicted molar refractivity (Wildman–Crippen MR) is 82.6 cm³/mol. The van der Waals surface area contributed by atoms with Crippen LogP contribution in [0.15, 0.2) is 30.3 Å². The van der Waals surface area contributed by atoms with Crippen LogP contribution in [-0.2, 0) is 11.3 Å². The number of rotatable bonds is 4. The quantitative estimate of drug-likeness (QED) is 0.826. The zero-order valence-electron chi connectivity index (χ0n) is 12.6. The molecular weight excluding hydrogens is 246 g/mol. The van der Waals surface area contributed by atoms with Crippen molar-refractivity contribution in [1.82, 2.24) is 4.90 Å². The van der Waals surface area contributed by atoms with Gasteiger partial charge < -0.3 is 4.74 Å². The van der Waals surface area contributed by atoms with Gasteiger partial charge in [-0.3, -0.25) is 4.90 Å². The van der Waals surface area contributed by atoms with Gasteiger partial charge in [0.25, 0.3) is 0 Å². The summed E-state index contributed by atoms with van der Waals surface area (Å²) in [7, 11) is 0. The van der Waals surface area contributed by atoms with Crippen LogP contribution < -0.4 is 0 Å². The van der Waals surface area contributed by atoms with Crippen molar-refractivity contribution in [3.8, 4) is 0 Å². The van der Waals surface area contributed by atoms with Gasteiger partial charge in [0.05, 0.1) is 12.7 Å². The molecule has 1 saturated heterocycles. The lowest BCUT2D eigenvalue weighted by Crippen LogP contribution is -2.40. The highest BCUT2D eigenvalue weighted by molar-refractivity contribution is 5.13. The largest absolute Gasteiger partial charge is 0.372 e. The van der Waals surface area contributed by atoms with Gasteiger partial charge in [-0.2, -0.15) is 0 Å². The second kappa shape index (κ2) is 6.73. The molecule has 1 aliphatic heterocycles. The van der Waals surface area contributed by atoms with E-state index in [9.17, 15) is 0 Å². The molecule has 2 fully saturated rings. The van der Waals surface area contributed by atoms with Crippen LogP contribution in [0.4, 0.5) is 0 Å². The normalized spacial score (nSPS) is 31.6. The molecule has 110 valence electrons. The summed E-state index contributed by atoms with van der Waals surface area (Å²) in [6.07, 6.45) is 7.30. The maximum atomic E-state index is 6.10. The van der Waals surface area contributed by atoms with E-state index in [1.807, 2.05) is 0 Å². The fourth-order valence-electron chi connectivity index (χ4n) is 3.82. The van der Waals surface area contributed by atoms with Gasteiger partial charge in [0.1, 0.15) is 0 Å². The zero-order chi connectivity index (χ0) is 13.8. The molecule has 2 aliphatic rings. The van der Waals surface area contributed by atoms with Gasteiger partial charge in [0.2, 0.25) is 0 Å². The van der Waals surface area contributed by atoms with Gasteiger partial charge in [0, 0.05) is 19.1 Å². The molecule has 3 unspecified atom stereocenters. The number of ether oxygens (including phenoxy) is 1. The minimum absolute atomic E-state index is 0.435. The average molecular weight is 273 g/mol. The fourth-order valence-corrected chi connectivity index (χ4v) is 3.82. The van der Waals surface area contributed by atoms with E-state index in [0.717, 1.165) is 25.1 Å². The summed E-state index contributed by atoms with van der Waals surface area (Å²) in [6.45, 7) is 5.57. The van der Waals surface area contributed by atoms with Crippen molar-refractivity contribution in [2.45, 2.75) is 57.8 Å². The highest BCUT2D eigenvalue weighted by Gasteiger charge is 2.32. The molecule has 0 bridgehead atoms. The molecule has 0 amide bonds. The number of nitrogens with zero attached hydrogens (tertiary/aromatic N) is 1. The Labute approximate surface area is 123 Å². The van der Waals surface area contributed by atoms with Crippen LogP contribution in [0, 0.1) is 5.92 Å². The standard InChI is InChI=1S/C18H27NO/c1-15-7-5-6-10-18(15)19-12-11-17(13-19)20-14-16-8-3-2-4-9-16/h2-4,8-9,15,17-18H,5-7,10-14H2,1H3. The second-order valence-electron chi connectivity index (χ2n) is 6.53. The van der Waals surface area contributed by atoms with Crippen LogP contribution in [0.5, 0.6) is 0 Å². The van der Waals surface area contributed by atoms with E-state index in [0.29, 0.717) is 6.10 Å². The molecule has 1 heterocycles. The number of likely N-dealkylation sites (tertiary alicyclic amines) is 1. The summed E-state index contributed by atoms with van der Waals surface area (Å²) in [5, 5.41) is 0. The van der Waals surface area contributed by atoms with E-state index in [4.69, 9.17) is 4.74 Å². The molecule has 2 nitrogen and oxygen atoms in total. The Morgan fingerprint density at radius 1 is 1.10 bits per heavy atom. The lowest BCUT2D eigenvalue weighted by Gasteiger charge is -2.36. The van der Waals surface area contributed by atoms with Crippen LogP contribution in [-0.4, -0.2) is 30.1 Å². The molecule has 0 aromatic heterocycles. The highest BCUT2D eigenvalue weighted by atomic mass is 16.5. The van der Waals surface area contributed by atoms with E-state index in [1.54, 1.807) is 0 Å². The number of benzene rings is 1. The first-order valence-electron chi connectivity index (χ1n) is 8.22. The van der Waals surface area contributed by atoms with Crippen LogP contribution in [0.3, 0.4) is 0 Å². The summed E-state index contributed by atoms with van der Waals surface area (Å²) in [4.78, 5) is 2.69. The molecule has 3 atom stereocenters. The molecule has 1 aromatic rings. The smallest absolute Gasteiger partial charge is 0.0721 e. The predicted octanol–water partition coefficient (Wildman–Crippen LogP) is 3.86. The van der Waals surface area contributed by atoms with Gasteiger partial charge in [-0.1, -0.05) is 50.1 Å². The monoisotopic (exact) mass is 273 g/mol. The van der Waals surface area contributed by atoms with E-state index in [2.05, 4.69) is 42.2 Å². The van der Waals surface area contributed by atoms with Crippen LogP contribution >= 0.6 is 0 Å². The van der Waals surface area contributed by atoms with E-state index >= 15 is 0 Å². The first-order valence-corrected chi connectivity index (χ1v) is 8.22. The Bertz CT molecular complexity index is 405. The third-order valence-electron chi connectivity index (χ3n) is 5.04. The van der Waals surface area contributed by atoms with Crippen molar-refractivity contribution < 1.29 is 4.74 Å².